The van der Waals surface area contributed by atoms with Crippen molar-refractivity contribution in [3.63, 3.8) is 0 Å². The summed E-state index contributed by atoms with van der Waals surface area (Å²) in [6.45, 7) is 1.69. The van der Waals surface area contributed by atoms with Crippen LogP contribution in [0.4, 0.5) is 4.39 Å². The van der Waals surface area contributed by atoms with E-state index in [9.17, 15) is 14.3 Å². The van der Waals surface area contributed by atoms with Crippen LogP contribution in [0.15, 0.2) is 36.4 Å². The number of carboxylic acid groups (broad SMARTS) is 1. The van der Waals surface area contributed by atoms with E-state index in [4.69, 9.17) is 4.74 Å². The van der Waals surface area contributed by atoms with E-state index in [0.29, 0.717) is 11.3 Å². The molecule has 0 spiro atoms. The van der Waals surface area contributed by atoms with Gasteiger partial charge in [0.2, 0.25) is 0 Å². The standard InChI is InChI=1S/C19H19FO3/c1-12-10-13(6-8-17(12)20)14-7-9-18(16(11-14)19(21)22)23-15-4-2-3-5-15/h6-11,15H,2-5H2,1H3,(H,21,22). The highest BCUT2D eigenvalue weighted by molar-refractivity contribution is 5.92. The number of hydrogen-bond donors (Lipinski definition) is 1. The number of aromatic carboxylic acids is 1. The third kappa shape index (κ3) is 3.36. The molecule has 0 heterocycles. The predicted octanol–water partition coefficient (Wildman–Crippen LogP) is 4.82. The van der Waals surface area contributed by atoms with Crippen molar-refractivity contribution < 1.29 is 19.0 Å². The summed E-state index contributed by atoms with van der Waals surface area (Å²) in [6, 6.07) is 9.89. The third-order valence-electron chi connectivity index (χ3n) is 4.30. The number of halogens is 1. The molecule has 2 aromatic rings. The molecule has 2 aromatic carbocycles. The van der Waals surface area contributed by atoms with Gasteiger partial charge in [0.05, 0.1) is 6.10 Å². The van der Waals surface area contributed by atoms with Gasteiger partial charge in [0.15, 0.2) is 0 Å². The molecule has 1 saturated carbocycles. The number of rotatable bonds is 4. The lowest BCUT2D eigenvalue weighted by Gasteiger charge is -2.16. The predicted molar refractivity (Wildman–Crippen MR) is 86.4 cm³/mol. The lowest BCUT2D eigenvalue weighted by molar-refractivity contribution is 0.0689. The van der Waals surface area contributed by atoms with E-state index < -0.39 is 5.97 Å². The summed E-state index contributed by atoms with van der Waals surface area (Å²) in [7, 11) is 0. The Balaban J connectivity index is 1.95. The van der Waals surface area contributed by atoms with Gasteiger partial charge in [-0.15, -0.1) is 0 Å². The summed E-state index contributed by atoms with van der Waals surface area (Å²) in [6.07, 6.45) is 4.29. The molecule has 0 aliphatic heterocycles. The Labute approximate surface area is 134 Å². The van der Waals surface area contributed by atoms with Crippen LogP contribution in [0.2, 0.25) is 0 Å². The van der Waals surface area contributed by atoms with Crippen LogP contribution in [0.25, 0.3) is 11.1 Å². The number of hydrogen-bond acceptors (Lipinski definition) is 2. The van der Waals surface area contributed by atoms with Gasteiger partial charge in [-0.05, 0) is 73.6 Å². The van der Waals surface area contributed by atoms with Crippen LogP contribution in [0.5, 0.6) is 5.75 Å². The maximum atomic E-state index is 13.4. The van der Waals surface area contributed by atoms with Gasteiger partial charge in [-0.3, -0.25) is 0 Å². The normalized spacial score (nSPS) is 14.9. The number of benzene rings is 2. The summed E-state index contributed by atoms with van der Waals surface area (Å²) in [5.74, 6) is -0.876. The number of carboxylic acids is 1. The van der Waals surface area contributed by atoms with E-state index in [-0.39, 0.29) is 17.5 Å². The van der Waals surface area contributed by atoms with Crippen molar-refractivity contribution in [2.45, 2.75) is 38.7 Å². The quantitative estimate of drug-likeness (QED) is 0.880. The topological polar surface area (TPSA) is 46.5 Å². The molecule has 1 fully saturated rings. The van der Waals surface area contributed by atoms with Crippen molar-refractivity contribution in [3.05, 3.63) is 53.3 Å². The van der Waals surface area contributed by atoms with Gasteiger partial charge < -0.3 is 9.84 Å². The highest BCUT2D eigenvalue weighted by atomic mass is 19.1. The molecular weight excluding hydrogens is 295 g/mol. The molecule has 0 amide bonds. The Kier molecular flexibility index (Phi) is 4.33. The van der Waals surface area contributed by atoms with E-state index in [1.165, 1.54) is 6.07 Å². The van der Waals surface area contributed by atoms with Crippen LogP contribution in [0.1, 0.15) is 41.6 Å². The Bertz CT molecular complexity index is 733. The maximum absolute atomic E-state index is 13.4. The average Bonchev–Trinajstić information content (AvgIpc) is 3.03. The van der Waals surface area contributed by atoms with E-state index >= 15 is 0 Å². The fraction of sp³-hybridized carbons (Fsp3) is 0.316. The Morgan fingerprint density at radius 3 is 2.43 bits per heavy atom. The molecular formula is C19H19FO3. The van der Waals surface area contributed by atoms with Gasteiger partial charge in [-0.2, -0.15) is 0 Å². The minimum absolute atomic E-state index is 0.104. The molecule has 0 unspecified atom stereocenters. The number of ether oxygens (including phenoxy) is 1. The first-order chi connectivity index (χ1) is 11.0. The second-order valence-corrected chi connectivity index (χ2v) is 6.00. The molecule has 0 radical (unpaired) electrons. The molecule has 0 saturated heterocycles. The van der Waals surface area contributed by atoms with Crippen molar-refractivity contribution >= 4 is 5.97 Å². The highest BCUT2D eigenvalue weighted by Gasteiger charge is 2.20. The second-order valence-electron chi connectivity index (χ2n) is 6.00. The first-order valence-electron chi connectivity index (χ1n) is 7.85. The van der Waals surface area contributed by atoms with Gasteiger partial charge in [-0.1, -0.05) is 12.1 Å². The third-order valence-corrected chi connectivity index (χ3v) is 4.30. The monoisotopic (exact) mass is 314 g/mol. The number of aryl methyl sites for hydroxylation is 1. The molecule has 0 atom stereocenters. The molecule has 3 nitrogen and oxygen atoms in total. The van der Waals surface area contributed by atoms with Crippen molar-refractivity contribution in [2.75, 3.05) is 0 Å². The highest BCUT2D eigenvalue weighted by Crippen LogP contribution is 2.31. The first-order valence-corrected chi connectivity index (χ1v) is 7.85. The Hall–Kier alpha value is -2.36. The van der Waals surface area contributed by atoms with Crippen LogP contribution >= 0.6 is 0 Å². The zero-order valence-electron chi connectivity index (χ0n) is 13.0. The van der Waals surface area contributed by atoms with Crippen LogP contribution in [-0.4, -0.2) is 17.2 Å². The average molecular weight is 314 g/mol. The van der Waals surface area contributed by atoms with Crippen molar-refractivity contribution in [3.8, 4) is 16.9 Å². The molecule has 1 aliphatic rings. The molecule has 4 heteroatoms. The van der Waals surface area contributed by atoms with Crippen LogP contribution < -0.4 is 4.74 Å². The minimum atomic E-state index is -1.02. The maximum Gasteiger partial charge on any atom is 0.339 e. The molecule has 120 valence electrons. The van der Waals surface area contributed by atoms with Gasteiger partial charge in [0.1, 0.15) is 17.1 Å². The minimum Gasteiger partial charge on any atom is -0.490 e. The van der Waals surface area contributed by atoms with Crippen LogP contribution in [-0.2, 0) is 0 Å². The summed E-state index contributed by atoms with van der Waals surface area (Å²) in [5.41, 5.74) is 2.21. The fourth-order valence-corrected chi connectivity index (χ4v) is 2.99. The van der Waals surface area contributed by atoms with E-state index in [2.05, 4.69) is 0 Å². The molecule has 1 aliphatic carbocycles. The second kappa shape index (κ2) is 6.41. The molecule has 3 rings (SSSR count). The van der Waals surface area contributed by atoms with Crippen molar-refractivity contribution in [1.82, 2.24) is 0 Å². The summed E-state index contributed by atoms with van der Waals surface area (Å²) in [4.78, 5) is 11.6. The van der Waals surface area contributed by atoms with Gasteiger partial charge in [0, 0.05) is 0 Å². The van der Waals surface area contributed by atoms with Crippen LogP contribution in [0, 0.1) is 12.7 Å². The van der Waals surface area contributed by atoms with Gasteiger partial charge >= 0.3 is 5.97 Å². The van der Waals surface area contributed by atoms with E-state index in [1.807, 2.05) is 6.07 Å². The van der Waals surface area contributed by atoms with Crippen LogP contribution in [0.3, 0.4) is 0 Å². The summed E-state index contributed by atoms with van der Waals surface area (Å²) >= 11 is 0. The summed E-state index contributed by atoms with van der Waals surface area (Å²) < 4.78 is 19.3. The summed E-state index contributed by atoms with van der Waals surface area (Å²) in [5, 5.41) is 9.47. The zero-order valence-corrected chi connectivity index (χ0v) is 13.0. The van der Waals surface area contributed by atoms with E-state index in [0.717, 1.165) is 36.8 Å². The first kappa shape index (κ1) is 15.5. The fourth-order valence-electron chi connectivity index (χ4n) is 2.99. The molecule has 1 N–H and O–H groups in total. The number of carbonyl (C=O) groups is 1. The molecule has 23 heavy (non-hydrogen) atoms. The van der Waals surface area contributed by atoms with Gasteiger partial charge in [0.25, 0.3) is 0 Å². The lowest BCUT2D eigenvalue weighted by atomic mass is 10.0. The largest absolute Gasteiger partial charge is 0.490 e. The zero-order chi connectivity index (χ0) is 16.4. The molecule has 0 aromatic heterocycles. The molecule has 0 bridgehead atoms. The van der Waals surface area contributed by atoms with Crippen molar-refractivity contribution in [1.29, 1.82) is 0 Å². The van der Waals surface area contributed by atoms with Gasteiger partial charge in [-0.25, -0.2) is 9.18 Å². The van der Waals surface area contributed by atoms with Crippen molar-refractivity contribution in [2.24, 2.45) is 0 Å². The smallest absolute Gasteiger partial charge is 0.339 e. The van der Waals surface area contributed by atoms with E-state index in [1.54, 1.807) is 31.2 Å². The Morgan fingerprint density at radius 1 is 1.13 bits per heavy atom. The SMILES string of the molecule is Cc1cc(-c2ccc(OC3CCCC3)c(C(=O)O)c2)ccc1F. The lowest BCUT2D eigenvalue weighted by Crippen LogP contribution is -2.13. The Morgan fingerprint density at radius 2 is 1.78 bits per heavy atom.